The lowest BCUT2D eigenvalue weighted by atomic mass is 10.4. The lowest BCUT2D eigenvalue weighted by molar-refractivity contribution is 0.180. The largest absolute Gasteiger partial charge is 0.436 e. The highest BCUT2D eigenvalue weighted by atomic mass is 28.5. The second-order valence-corrected chi connectivity index (χ2v) is 19.9. The molecule has 0 N–H and O–H groups in total. The van der Waals surface area contributed by atoms with Crippen molar-refractivity contribution in [3.05, 3.63) is 0 Å². The molecule has 0 spiro atoms. The second kappa shape index (κ2) is 13.7. The zero-order valence-electron chi connectivity index (χ0n) is 19.1. The number of methoxy groups -OCH3 is 3. The monoisotopic (exact) mass is 452 g/mol. The van der Waals surface area contributed by atoms with E-state index in [4.69, 9.17) is 26.9 Å². The summed E-state index contributed by atoms with van der Waals surface area (Å²) in [6.07, 6.45) is 5.30. The van der Waals surface area contributed by atoms with Crippen LogP contribution in [-0.2, 0) is 26.9 Å². The first-order chi connectivity index (χ1) is 13.3. The lowest BCUT2D eigenvalue weighted by Gasteiger charge is -2.43. The van der Waals surface area contributed by atoms with Gasteiger partial charge in [-0.3, -0.25) is 0 Å². The molecule has 28 heavy (non-hydrogen) atoms. The van der Waals surface area contributed by atoms with Crippen molar-refractivity contribution in [2.45, 2.75) is 75.9 Å². The van der Waals surface area contributed by atoms with E-state index in [-0.39, 0.29) is 0 Å². The number of rotatable bonds is 12. The third-order valence-electron chi connectivity index (χ3n) is 5.41. The molecule has 0 aliphatic carbocycles. The highest BCUT2D eigenvalue weighted by Crippen LogP contribution is 2.34. The van der Waals surface area contributed by atoms with Crippen molar-refractivity contribution in [3.8, 4) is 0 Å². The highest BCUT2D eigenvalue weighted by molar-refractivity contribution is 6.87. The van der Waals surface area contributed by atoms with Crippen molar-refractivity contribution in [1.82, 2.24) is 0 Å². The van der Waals surface area contributed by atoms with E-state index in [1.807, 2.05) is 0 Å². The summed E-state index contributed by atoms with van der Waals surface area (Å²) >= 11 is 0. The van der Waals surface area contributed by atoms with Crippen LogP contribution in [0.2, 0.25) is 43.8 Å². The van der Waals surface area contributed by atoms with Crippen molar-refractivity contribution < 1.29 is 26.9 Å². The third kappa shape index (κ3) is 10.4. The molecular weight excluding hydrogens is 408 g/mol. The summed E-state index contributed by atoms with van der Waals surface area (Å²) < 4.78 is 36.3. The molecule has 3 atom stereocenters. The molecule has 1 aliphatic rings. The maximum Gasteiger partial charge on any atom is 0.326 e. The third-order valence-corrected chi connectivity index (χ3v) is 18.7. The fourth-order valence-electron chi connectivity index (χ4n) is 4.04. The Morgan fingerprint density at radius 1 is 0.679 bits per heavy atom. The Kier molecular flexibility index (Phi) is 12.9. The fourth-order valence-corrected chi connectivity index (χ4v) is 19.1. The van der Waals surface area contributed by atoms with E-state index in [0.29, 0.717) is 0 Å². The number of hydrogen-bond acceptors (Lipinski definition) is 6. The molecule has 168 valence electrons. The van der Waals surface area contributed by atoms with Crippen LogP contribution in [0.15, 0.2) is 0 Å². The minimum Gasteiger partial charge on any atom is -0.436 e. The summed E-state index contributed by atoms with van der Waals surface area (Å²) in [5.41, 5.74) is 0. The van der Waals surface area contributed by atoms with Gasteiger partial charge in [0.25, 0.3) is 0 Å². The van der Waals surface area contributed by atoms with Crippen molar-refractivity contribution in [2.75, 3.05) is 47.8 Å². The minimum atomic E-state index is -2.37. The zero-order valence-corrected chi connectivity index (χ0v) is 22.1. The Bertz CT molecular complexity index is 381. The summed E-state index contributed by atoms with van der Waals surface area (Å²) in [4.78, 5) is 0. The molecule has 1 saturated heterocycles. The maximum absolute atomic E-state index is 7.06. The average molecular weight is 453 g/mol. The van der Waals surface area contributed by atoms with E-state index in [1.165, 1.54) is 12.5 Å². The molecule has 0 saturated carbocycles. The van der Waals surface area contributed by atoms with Crippen molar-refractivity contribution in [2.24, 2.45) is 0 Å². The van der Waals surface area contributed by atoms with Crippen LogP contribution >= 0.6 is 0 Å². The van der Waals surface area contributed by atoms with Gasteiger partial charge >= 0.3 is 17.1 Å². The molecule has 1 aliphatic heterocycles. The van der Waals surface area contributed by atoms with E-state index >= 15 is 0 Å². The van der Waals surface area contributed by atoms with Gasteiger partial charge in [0.05, 0.1) is 0 Å². The van der Waals surface area contributed by atoms with Crippen LogP contribution in [-0.4, -0.2) is 73.2 Å². The predicted octanol–water partition coefficient (Wildman–Crippen LogP) is 4.66. The van der Waals surface area contributed by atoms with Gasteiger partial charge in [0.15, 0.2) is 8.32 Å². The van der Waals surface area contributed by atoms with E-state index in [2.05, 4.69) is 19.6 Å². The lowest BCUT2D eigenvalue weighted by Crippen LogP contribution is -2.57. The first-order valence-corrected chi connectivity index (χ1v) is 18.7. The topological polar surface area (TPSA) is 55.4 Å². The van der Waals surface area contributed by atoms with Crippen LogP contribution < -0.4 is 0 Å². The van der Waals surface area contributed by atoms with Crippen LogP contribution in [0.5, 0.6) is 0 Å². The standard InChI is InChI=1S/C19H44O6Si3/c1-20-12-9-17-26(4)16-8-7-15-23-27(5,18-10-13-21-2)25-28(6,24-26)19-11-14-22-3/h7-19H2,1-6H3. The maximum atomic E-state index is 7.06. The van der Waals surface area contributed by atoms with Gasteiger partial charge in [0, 0.05) is 47.8 Å². The van der Waals surface area contributed by atoms with Gasteiger partial charge < -0.3 is 26.9 Å². The smallest absolute Gasteiger partial charge is 0.326 e. The fraction of sp³-hybridized carbons (Fsp3) is 1.00. The van der Waals surface area contributed by atoms with Crippen LogP contribution in [0.1, 0.15) is 32.1 Å². The van der Waals surface area contributed by atoms with Gasteiger partial charge in [-0.05, 0) is 69.5 Å². The van der Waals surface area contributed by atoms with Gasteiger partial charge in [-0.1, -0.05) is 6.42 Å². The molecule has 3 unspecified atom stereocenters. The van der Waals surface area contributed by atoms with Gasteiger partial charge in [-0.25, -0.2) is 0 Å². The van der Waals surface area contributed by atoms with Crippen molar-refractivity contribution in [3.63, 3.8) is 0 Å². The Morgan fingerprint density at radius 3 is 1.79 bits per heavy atom. The van der Waals surface area contributed by atoms with Crippen LogP contribution in [0, 0.1) is 0 Å². The quantitative estimate of drug-likeness (QED) is 0.317. The second-order valence-electron chi connectivity index (χ2n) is 8.52. The van der Waals surface area contributed by atoms with E-state index in [0.717, 1.165) is 70.2 Å². The highest BCUT2D eigenvalue weighted by Gasteiger charge is 2.47. The SMILES string of the molecule is COCCC[Si]1(C)CCCCO[Si](C)(CCCOC)O[Si](C)(CCCOC)O1. The Balaban J connectivity index is 2.97. The summed E-state index contributed by atoms with van der Waals surface area (Å²) in [5.74, 6) is 0. The molecule has 0 bridgehead atoms. The first-order valence-electron chi connectivity index (χ1n) is 10.8. The number of hydrogen-bond donors (Lipinski definition) is 0. The normalized spacial score (nSPS) is 32.4. The average Bonchev–Trinajstić information content (AvgIpc) is 2.61. The van der Waals surface area contributed by atoms with Crippen LogP contribution in [0.3, 0.4) is 0 Å². The van der Waals surface area contributed by atoms with Crippen molar-refractivity contribution >= 4 is 25.4 Å². The molecule has 0 aromatic carbocycles. The molecule has 0 radical (unpaired) electrons. The molecule has 0 amide bonds. The van der Waals surface area contributed by atoms with E-state index in [9.17, 15) is 0 Å². The zero-order chi connectivity index (χ0) is 20.9. The summed E-state index contributed by atoms with van der Waals surface area (Å²) in [6.45, 7) is 10.00. The Labute approximate surface area is 176 Å². The minimum absolute atomic E-state index is 0.750. The molecule has 0 aromatic rings. The van der Waals surface area contributed by atoms with E-state index in [1.54, 1.807) is 21.3 Å². The molecule has 9 heteroatoms. The van der Waals surface area contributed by atoms with Gasteiger partial charge in [-0.2, -0.15) is 0 Å². The van der Waals surface area contributed by atoms with Gasteiger partial charge in [0.2, 0.25) is 0 Å². The van der Waals surface area contributed by atoms with Crippen LogP contribution in [0.25, 0.3) is 0 Å². The summed E-state index contributed by atoms with van der Waals surface area (Å²) in [7, 11) is -1.22. The molecule has 0 aromatic heterocycles. The number of ether oxygens (including phenoxy) is 3. The molecular formula is C19H44O6Si3. The summed E-state index contributed by atoms with van der Waals surface area (Å²) in [5, 5.41) is 0. The van der Waals surface area contributed by atoms with E-state index < -0.39 is 25.4 Å². The summed E-state index contributed by atoms with van der Waals surface area (Å²) in [6, 6.07) is 4.24. The van der Waals surface area contributed by atoms with Crippen LogP contribution in [0.4, 0.5) is 0 Å². The molecule has 1 heterocycles. The molecule has 1 rings (SSSR count). The van der Waals surface area contributed by atoms with Crippen molar-refractivity contribution in [1.29, 1.82) is 0 Å². The predicted molar refractivity (Wildman–Crippen MR) is 121 cm³/mol. The Hall–Kier alpha value is 0.411. The molecule has 1 fully saturated rings. The van der Waals surface area contributed by atoms with Gasteiger partial charge in [-0.15, -0.1) is 0 Å². The molecule has 6 nitrogen and oxygen atoms in total. The Morgan fingerprint density at radius 2 is 1.21 bits per heavy atom. The first kappa shape index (κ1) is 26.4. The van der Waals surface area contributed by atoms with Gasteiger partial charge in [0.1, 0.15) is 0 Å².